The third-order valence-corrected chi connectivity index (χ3v) is 3.61. The summed E-state index contributed by atoms with van der Waals surface area (Å²) in [5, 5.41) is 7.69. The van der Waals surface area contributed by atoms with Gasteiger partial charge in [-0.1, -0.05) is 13.8 Å². The zero-order chi connectivity index (χ0) is 13.0. The Morgan fingerprint density at radius 1 is 1.53 bits per heavy atom. The van der Waals surface area contributed by atoms with Crippen molar-refractivity contribution < 1.29 is 4.74 Å². The van der Waals surface area contributed by atoms with Crippen molar-refractivity contribution in [1.82, 2.24) is 15.1 Å². The first kappa shape index (κ1) is 14.7. The summed E-state index contributed by atoms with van der Waals surface area (Å²) in [5.74, 6) is 0.435. The van der Waals surface area contributed by atoms with Gasteiger partial charge < -0.3 is 10.1 Å². The van der Waals surface area contributed by atoms with Gasteiger partial charge in [-0.2, -0.15) is 5.10 Å². The maximum absolute atomic E-state index is 5.62. The molecule has 0 aromatic carbocycles. The lowest BCUT2D eigenvalue weighted by Crippen LogP contribution is -2.36. The standard InChI is InChI=1S/C12H22BrN3O/c1-6-16-11(9(13)7-15-16)10(14-4)12(17-5)8(2)3/h7-8,10,12,14H,6H2,1-5H3. The number of likely N-dealkylation sites (N-methyl/N-ethyl adjacent to an activating group) is 1. The predicted octanol–water partition coefficient (Wildman–Crippen LogP) is 2.60. The van der Waals surface area contributed by atoms with E-state index in [1.165, 1.54) is 0 Å². The number of hydrogen-bond donors (Lipinski definition) is 1. The average Bonchev–Trinajstić information content (AvgIpc) is 2.66. The summed E-state index contributed by atoms with van der Waals surface area (Å²) < 4.78 is 8.65. The second-order valence-electron chi connectivity index (χ2n) is 4.40. The highest BCUT2D eigenvalue weighted by Crippen LogP contribution is 2.29. The van der Waals surface area contributed by atoms with Crippen LogP contribution >= 0.6 is 15.9 Å². The predicted molar refractivity (Wildman–Crippen MR) is 73.0 cm³/mol. The molecule has 0 saturated carbocycles. The van der Waals surface area contributed by atoms with Crippen LogP contribution in [0, 0.1) is 5.92 Å². The van der Waals surface area contributed by atoms with E-state index in [9.17, 15) is 0 Å². The Balaban J connectivity index is 3.11. The highest BCUT2D eigenvalue weighted by Gasteiger charge is 2.29. The summed E-state index contributed by atoms with van der Waals surface area (Å²) in [7, 11) is 3.72. The summed E-state index contributed by atoms with van der Waals surface area (Å²) in [4.78, 5) is 0. The molecule has 1 heterocycles. The van der Waals surface area contributed by atoms with E-state index in [0.717, 1.165) is 16.7 Å². The first-order valence-electron chi connectivity index (χ1n) is 5.98. The fourth-order valence-electron chi connectivity index (χ4n) is 2.18. The fourth-order valence-corrected chi connectivity index (χ4v) is 2.73. The van der Waals surface area contributed by atoms with Crippen LogP contribution in [0.1, 0.15) is 32.5 Å². The highest BCUT2D eigenvalue weighted by atomic mass is 79.9. The van der Waals surface area contributed by atoms with E-state index in [2.05, 4.69) is 47.1 Å². The van der Waals surface area contributed by atoms with Gasteiger partial charge in [-0.15, -0.1) is 0 Å². The zero-order valence-corrected chi connectivity index (χ0v) is 12.8. The molecular weight excluding hydrogens is 282 g/mol. The number of ether oxygens (including phenoxy) is 1. The van der Waals surface area contributed by atoms with Crippen LogP contribution in [0.25, 0.3) is 0 Å². The normalized spacial score (nSPS) is 15.2. The molecule has 17 heavy (non-hydrogen) atoms. The van der Waals surface area contributed by atoms with Crippen LogP contribution in [0.5, 0.6) is 0 Å². The summed E-state index contributed by atoms with van der Waals surface area (Å²) in [6.07, 6.45) is 1.97. The van der Waals surface area contributed by atoms with Gasteiger partial charge in [0.25, 0.3) is 0 Å². The Kier molecular flexibility index (Phi) is 5.62. The Labute approximate surface area is 112 Å². The third-order valence-electron chi connectivity index (χ3n) is 3.00. The molecule has 4 nitrogen and oxygen atoms in total. The number of rotatable bonds is 6. The van der Waals surface area contributed by atoms with Crippen LogP contribution < -0.4 is 5.32 Å². The third kappa shape index (κ3) is 3.09. The van der Waals surface area contributed by atoms with Crippen molar-refractivity contribution in [2.45, 2.75) is 39.5 Å². The SMILES string of the molecule is CCn1ncc(Br)c1C(NC)C(OC)C(C)C. The van der Waals surface area contributed by atoms with E-state index < -0.39 is 0 Å². The Morgan fingerprint density at radius 2 is 2.18 bits per heavy atom. The number of aromatic nitrogens is 2. The molecule has 0 saturated heterocycles. The van der Waals surface area contributed by atoms with Gasteiger partial charge in [0, 0.05) is 13.7 Å². The molecule has 1 aromatic heterocycles. The van der Waals surface area contributed by atoms with Crippen molar-refractivity contribution in [2.24, 2.45) is 5.92 Å². The summed E-state index contributed by atoms with van der Waals surface area (Å²) in [5.41, 5.74) is 1.15. The molecule has 98 valence electrons. The second-order valence-corrected chi connectivity index (χ2v) is 5.26. The van der Waals surface area contributed by atoms with E-state index in [1.807, 2.05) is 17.9 Å². The maximum Gasteiger partial charge on any atom is 0.0804 e. The quantitative estimate of drug-likeness (QED) is 0.878. The number of hydrogen-bond acceptors (Lipinski definition) is 3. The second kappa shape index (κ2) is 6.52. The van der Waals surface area contributed by atoms with Crippen LogP contribution in [-0.2, 0) is 11.3 Å². The minimum Gasteiger partial charge on any atom is -0.379 e. The van der Waals surface area contributed by atoms with E-state index in [4.69, 9.17) is 4.74 Å². The molecule has 0 spiro atoms. The first-order valence-corrected chi connectivity index (χ1v) is 6.77. The summed E-state index contributed by atoms with van der Waals surface area (Å²) in [6.45, 7) is 7.28. The number of aryl methyl sites for hydroxylation is 1. The van der Waals surface area contributed by atoms with Gasteiger partial charge >= 0.3 is 0 Å². The lowest BCUT2D eigenvalue weighted by molar-refractivity contribution is 0.0322. The minimum absolute atomic E-state index is 0.123. The number of nitrogens with one attached hydrogen (secondary N) is 1. The molecule has 1 rings (SSSR count). The van der Waals surface area contributed by atoms with Gasteiger partial charge in [0.15, 0.2) is 0 Å². The average molecular weight is 304 g/mol. The molecule has 0 fully saturated rings. The topological polar surface area (TPSA) is 39.1 Å². The van der Waals surface area contributed by atoms with E-state index in [-0.39, 0.29) is 12.1 Å². The molecule has 0 radical (unpaired) electrons. The van der Waals surface area contributed by atoms with Gasteiger partial charge in [0.05, 0.1) is 28.5 Å². The molecule has 0 aliphatic carbocycles. The monoisotopic (exact) mass is 303 g/mol. The smallest absolute Gasteiger partial charge is 0.0804 e. The Morgan fingerprint density at radius 3 is 2.59 bits per heavy atom. The number of nitrogens with zero attached hydrogens (tertiary/aromatic N) is 2. The number of halogens is 1. The van der Waals surface area contributed by atoms with E-state index in [0.29, 0.717) is 5.92 Å². The molecule has 0 amide bonds. The first-order chi connectivity index (χ1) is 8.06. The molecule has 2 atom stereocenters. The van der Waals surface area contributed by atoms with Crippen molar-refractivity contribution in [3.05, 3.63) is 16.4 Å². The molecule has 0 aliphatic heterocycles. The lowest BCUT2D eigenvalue weighted by Gasteiger charge is -2.29. The van der Waals surface area contributed by atoms with Gasteiger partial charge in [0.1, 0.15) is 0 Å². The highest BCUT2D eigenvalue weighted by molar-refractivity contribution is 9.10. The largest absolute Gasteiger partial charge is 0.379 e. The summed E-state index contributed by atoms with van der Waals surface area (Å²) in [6, 6.07) is 0.136. The van der Waals surface area contributed by atoms with Crippen LogP contribution in [0.3, 0.4) is 0 Å². The van der Waals surface area contributed by atoms with E-state index in [1.54, 1.807) is 7.11 Å². The summed E-state index contributed by atoms with van der Waals surface area (Å²) >= 11 is 3.57. The Hall–Kier alpha value is -0.390. The maximum atomic E-state index is 5.62. The van der Waals surface area contributed by atoms with Crippen molar-refractivity contribution >= 4 is 15.9 Å². The van der Waals surface area contributed by atoms with E-state index >= 15 is 0 Å². The van der Waals surface area contributed by atoms with Crippen LogP contribution in [0.15, 0.2) is 10.7 Å². The molecule has 2 unspecified atom stereocenters. The molecular formula is C12H22BrN3O. The zero-order valence-electron chi connectivity index (χ0n) is 11.2. The minimum atomic E-state index is 0.123. The van der Waals surface area contributed by atoms with Crippen LogP contribution in [0.4, 0.5) is 0 Å². The molecule has 0 bridgehead atoms. The van der Waals surface area contributed by atoms with Crippen molar-refractivity contribution in [2.75, 3.05) is 14.2 Å². The van der Waals surface area contributed by atoms with Gasteiger partial charge in [-0.05, 0) is 35.8 Å². The van der Waals surface area contributed by atoms with Gasteiger partial charge in [-0.25, -0.2) is 0 Å². The number of methoxy groups -OCH3 is 1. The molecule has 1 N–H and O–H groups in total. The van der Waals surface area contributed by atoms with Crippen molar-refractivity contribution in [3.8, 4) is 0 Å². The fraction of sp³-hybridized carbons (Fsp3) is 0.750. The molecule has 5 heteroatoms. The Bertz CT molecular complexity index is 352. The van der Waals surface area contributed by atoms with Crippen LogP contribution in [0.2, 0.25) is 0 Å². The molecule has 0 aliphatic rings. The lowest BCUT2D eigenvalue weighted by atomic mass is 9.97. The molecule has 1 aromatic rings. The van der Waals surface area contributed by atoms with Crippen molar-refractivity contribution in [3.63, 3.8) is 0 Å². The van der Waals surface area contributed by atoms with Crippen LogP contribution in [-0.4, -0.2) is 30.0 Å². The van der Waals surface area contributed by atoms with Crippen molar-refractivity contribution in [1.29, 1.82) is 0 Å². The van der Waals surface area contributed by atoms with Gasteiger partial charge in [0.2, 0.25) is 0 Å². The van der Waals surface area contributed by atoms with Gasteiger partial charge in [-0.3, -0.25) is 4.68 Å².